The van der Waals surface area contributed by atoms with E-state index in [-0.39, 0.29) is 0 Å². The first-order valence-corrected chi connectivity index (χ1v) is 9.32. The minimum Gasteiger partial charge on any atom is -0.282 e. The second-order valence-electron chi connectivity index (χ2n) is 6.31. The van der Waals surface area contributed by atoms with Crippen molar-refractivity contribution in [2.45, 2.75) is 0 Å². The molecule has 0 fully saturated rings. The lowest BCUT2D eigenvalue weighted by Crippen LogP contribution is -2.27. The Hall–Kier alpha value is -3.18. The molecule has 2 heterocycles. The van der Waals surface area contributed by atoms with Gasteiger partial charge in [-0.05, 0) is 33.0 Å². The smallest absolute Gasteiger partial charge is 0.282 e. The van der Waals surface area contributed by atoms with Gasteiger partial charge in [-0.25, -0.2) is 4.79 Å². The first-order valence-electron chi connectivity index (χ1n) is 8.53. The molecule has 0 bridgehead atoms. The van der Waals surface area contributed by atoms with E-state index in [0.29, 0.717) is 5.52 Å². The molecule has 130 valence electrons. The van der Waals surface area contributed by atoms with E-state index in [1.807, 2.05) is 60.7 Å². The summed E-state index contributed by atoms with van der Waals surface area (Å²) in [6.45, 7) is 0. The molecule has 0 spiro atoms. The highest BCUT2D eigenvalue weighted by Crippen LogP contribution is 2.39. The molecule has 0 saturated carbocycles. The van der Waals surface area contributed by atoms with Crippen LogP contribution in [-0.2, 0) is 0 Å². The minimum absolute atomic E-state index is 0.393. The molecule has 5 aromatic rings. The van der Waals surface area contributed by atoms with E-state index in [0.717, 1.165) is 37.6 Å². The van der Waals surface area contributed by atoms with Crippen LogP contribution in [-0.4, -0.2) is 5.27 Å². The van der Waals surface area contributed by atoms with Crippen molar-refractivity contribution in [3.8, 4) is 22.3 Å². The van der Waals surface area contributed by atoms with Gasteiger partial charge in [0.25, 0.3) is 0 Å². The zero-order chi connectivity index (χ0) is 18.4. The summed E-state index contributed by atoms with van der Waals surface area (Å²) < 4.78 is 7.87. The first kappa shape index (κ1) is 16.0. The number of nitrogens with zero attached hydrogens (tertiary/aromatic N) is 1. The molecular weight excluding hydrogens is 404 g/mol. The highest BCUT2D eigenvalue weighted by molar-refractivity contribution is 9.10. The summed E-state index contributed by atoms with van der Waals surface area (Å²) in [5.41, 5.74) is 4.83. The molecule has 0 saturated heterocycles. The highest BCUT2D eigenvalue weighted by Gasteiger charge is 2.28. The molecule has 5 heteroatoms. The molecule has 2 aromatic heterocycles. The molecule has 4 nitrogen and oxygen atoms in total. The predicted octanol–water partition coefficient (Wildman–Crippen LogP) is 4.96. The molecule has 0 amide bonds. The molecule has 0 aliphatic heterocycles. The number of H-pyrrole nitrogens is 1. The van der Waals surface area contributed by atoms with E-state index in [2.05, 4.69) is 39.4 Å². The maximum absolute atomic E-state index is 12.6. The second-order valence-corrected chi connectivity index (χ2v) is 7.22. The van der Waals surface area contributed by atoms with E-state index in [1.54, 1.807) is 4.52 Å². The van der Waals surface area contributed by atoms with Gasteiger partial charge in [0.15, 0.2) is 0 Å². The third kappa shape index (κ3) is 2.51. The Labute approximate surface area is 162 Å². The van der Waals surface area contributed by atoms with Crippen LogP contribution in [0.3, 0.4) is 0 Å². The topological polar surface area (TPSA) is 50.1 Å². The Bertz CT molecular complexity index is 1340. The van der Waals surface area contributed by atoms with Gasteiger partial charge < -0.3 is 0 Å². The number of halogens is 1. The molecule has 1 N–H and O–H groups in total. The van der Waals surface area contributed by atoms with Crippen molar-refractivity contribution in [1.82, 2.24) is 5.27 Å². The zero-order valence-corrected chi connectivity index (χ0v) is 15.7. The number of rotatable bonds is 2. The highest BCUT2D eigenvalue weighted by atomic mass is 79.9. The third-order valence-electron chi connectivity index (χ3n) is 4.73. The molecule has 27 heavy (non-hydrogen) atoms. The Morgan fingerprint density at radius 2 is 1.44 bits per heavy atom. The summed E-state index contributed by atoms with van der Waals surface area (Å²) in [5.74, 6) is 0. The fourth-order valence-corrected chi connectivity index (χ4v) is 3.96. The summed E-state index contributed by atoms with van der Waals surface area (Å²) in [6, 6.07) is 26.1. The van der Waals surface area contributed by atoms with E-state index in [1.165, 1.54) is 0 Å². The summed E-state index contributed by atoms with van der Waals surface area (Å²) >= 11 is 3.58. The zero-order valence-electron chi connectivity index (χ0n) is 14.1. The van der Waals surface area contributed by atoms with Crippen LogP contribution in [0.5, 0.6) is 0 Å². The average molecular weight is 418 g/mol. The fraction of sp³-hybridized carbons (Fsp3) is 0. The number of fused-ring (bicyclic) bond motifs is 3. The van der Waals surface area contributed by atoms with Crippen molar-refractivity contribution in [2.75, 3.05) is 0 Å². The number of hydrogen-bond acceptors (Lipinski definition) is 2. The summed E-state index contributed by atoms with van der Waals surface area (Å²) in [5, 5.41) is 3.77. The van der Waals surface area contributed by atoms with E-state index >= 15 is 0 Å². The molecule has 0 aliphatic rings. The maximum atomic E-state index is 12.6. The Morgan fingerprint density at radius 3 is 2.11 bits per heavy atom. The van der Waals surface area contributed by atoms with Crippen LogP contribution >= 0.6 is 15.9 Å². The van der Waals surface area contributed by atoms with Crippen LogP contribution in [0.2, 0.25) is 0 Å². The van der Waals surface area contributed by atoms with Crippen molar-refractivity contribution in [2.24, 2.45) is 0 Å². The average Bonchev–Trinajstić information content (AvgIpc) is 3.09. The quantitative estimate of drug-likeness (QED) is 0.412. The maximum Gasteiger partial charge on any atom is 0.435 e. The molecule has 0 radical (unpaired) electrons. The first-order chi connectivity index (χ1) is 13.2. The fourth-order valence-electron chi connectivity index (χ4n) is 3.60. The van der Waals surface area contributed by atoms with Crippen LogP contribution in [0.4, 0.5) is 0 Å². The van der Waals surface area contributed by atoms with Crippen LogP contribution in [0, 0.1) is 0 Å². The standard InChI is InChI=1S/C22H13BrN2O2/c23-16-11-12-18-17(13-16)19(14-7-3-1-4-8-14)20(15-9-5-2-6-10-15)21-22(26)27-24-25(18)21/h1-13H/p+1. The van der Waals surface area contributed by atoms with Gasteiger partial charge in [-0.15, -0.1) is 0 Å². The van der Waals surface area contributed by atoms with Crippen molar-refractivity contribution < 1.29 is 9.04 Å². The Morgan fingerprint density at radius 1 is 0.815 bits per heavy atom. The molecule has 3 aromatic carbocycles. The van der Waals surface area contributed by atoms with Crippen molar-refractivity contribution in [1.29, 1.82) is 0 Å². The Kier molecular flexibility index (Phi) is 3.69. The lowest BCUT2D eigenvalue weighted by atomic mass is 9.91. The van der Waals surface area contributed by atoms with Crippen molar-refractivity contribution in [3.63, 3.8) is 0 Å². The van der Waals surface area contributed by atoms with Gasteiger partial charge in [0.2, 0.25) is 5.52 Å². The molecular formula is C22H14BrN2O2+. The lowest BCUT2D eigenvalue weighted by molar-refractivity contribution is -0.567. The van der Waals surface area contributed by atoms with Crippen LogP contribution in [0.1, 0.15) is 0 Å². The normalized spacial score (nSPS) is 11.3. The third-order valence-corrected chi connectivity index (χ3v) is 5.22. The number of benzene rings is 3. The van der Waals surface area contributed by atoms with Gasteiger partial charge in [-0.3, -0.25) is 4.52 Å². The van der Waals surface area contributed by atoms with Gasteiger partial charge in [-0.2, -0.15) is 0 Å². The summed E-state index contributed by atoms with van der Waals surface area (Å²) in [7, 11) is 0. The summed E-state index contributed by atoms with van der Waals surface area (Å²) in [6.07, 6.45) is 0. The number of hydrogen-bond donors (Lipinski definition) is 1. The number of aromatic nitrogens is 2. The van der Waals surface area contributed by atoms with Crippen molar-refractivity contribution >= 4 is 32.3 Å². The van der Waals surface area contributed by atoms with E-state index in [9.17, 15) is 4.79 Å². The predicted molar refractivity (Wildman–Crippen MR) is 109 cm³/mol. The van der Waals surface area contributed by atoms with Gasteiger partial charge in [0.1, 0.15) is 0 Å². The van der Waals surface area contributed by atoms with Gasteiger partial charge in [0, 0.05) is 16.1 Å². The van der Waals surface area contributed by atoms with Crippen LogP contribution < -0.4 is 10.1 Å². The molecule has 0 aliphatic carbocycles. The monoisotopic (exact) mass is 417 g/mol. The van der Waals surface area contributed by atoms with Crippen LogP contribution in [0.25, 0.3) is 38.7 Å². The number of nitrogens with one attached hydrogen (secondary N) is 1. The molecule has 0 unspecified atom stereocenters. The van der Waals surface area contributed by atoms with Crippen LogP contribution in [0.15, 0.2) is 92.7 Å². The van der Waals surface area contributed by atoms with Gasteiger partial charge >= 0.3 is 11.1 Å². The minimum atomic E-state index is -0.393. The van der Waals surface area contributed by atoms with E-state index < -0.39 is 5.63 Å². The lowest BCUT2D eigenvalue weighted by Gasteiger charge is -2.11. The number of pyridine rings is 1. The second kappa shape index (κ2) is 6.21. The SMILES string of the molecule is O=c1o[nH][n+]2c1c(-c1ccccc1)c(-c1ccccc1)c1cc(Br)ccc12. The summed E-state index contributed by atoms with van der Waals surface area (Å²) in [4.78, 5) is 12.6. The van der Waals surface area contributed by atoms with Gasteiger partial charge in [0.05, 0.1) is 10.9 Å². The largest absolute Gasteiger partial charge is 0.435 e. The van der Waals surface area contributed by atoms with Gasteiger partial charge in [-0.1, -0.05) is 76.6 Å². The van der Waals surface area contributed by atoms with Crippen molar-refractivity contribution in [3.05, 3.63) is 93.8 Å². The Balaban J connectivity index is 2.10. The number of aromatic amines is 1. The van der Waals surface area contributed by atoms with E-state index in [4.69, 9.17) is 4.52 Å². The molecule has 0 atom stereocenters. The molecule has 5 rings (SSSR count).